The van der Waals surface area contributed by atoms with Gasteiger partial charge in [-0.05, 0) is 35.2 Å². The van der Waals surface area contributed by atoms with Gasteiger partial charge in [0.25, 0.3) is 0 Å². The van der Waals surface area contributed by atoms with Gasteiger partial charge in [0.15, 0.2) is 0 Å². The molecule has 0 saturated carbocycles. The third kappa shape index (κ3) is 3.63. The van der Waals surface area contributed by atoms with Crippen LogP contribution in [0.5, 0.6) is 0 Å². The molecule has 2 aromatic rings. The van der Waals surface area contributed by atoms with E-state index in [0.29, 0.717) is 16.5 Å². The summed E-state index contributed by atoms with van der Waals surface area (Å²) in [6.45, 7) is 4.31. The molecular formula is C18H21ClFN. The van der Waals surface area contributed by atoms with E-state index in [1.165, 1.54) is 17.7 Å². The van der Waals surface area contributed by atoms with Crippen molar-refractivity contribution in [3.63, 3.8) is 0 Å². The lowest BCUT2D eigenvalue weighted by molar-refractivity contribution is 0.387. The zero-order valence-electron chi connectivity index (χ0n) is 12.4. The predicted octanol–water partition coefficient (Wildman–Crippen LogP) is 5.31. The van der Waals surface area contributed by atoms with Crippen LogP contribution < -0.4 is 5.73 Å². The van der Waals surface area contributed by atoms with Crippen molar-refractivity contribution in [1.29, 1.82) is 0 Å². The third-order valence-corrected chi connectivity index (χ3v) is 4.49. The molecule has 0 spiro atoms. The molecule has 0 bridgehead atoms. The molecule has 0 aromatic heterocycles. The van der Waals surface area contributed by atoms with Crippen molar-refractivity contribution in [2.24, 2.45) is 11.7 Å². The van der Waals surface area contributed by atoms with Crippen molar-refractivity contribution in [1.82, 2.24) is 0 Å². The Bertz CT molecular complexity index is 585. The van der Waals surface area contributed by atoms with Gasteiger partial charge in [0.1, 0.15) is 5.82 Å². The average Bonchev–Trinajstić information content (AvgIpc) is 2.50. The molecule has 3 atom stereocenters. The highest BCUT2D eigenvalue weighted by Gasteiger charge is 2.27. The first-order valence-electron chi connectivity index (χ1n) is 7.30. The number of benzene rings is 2. The molecule has 112 valence electrons. The molecule has 0 heterocycles. The normalized spacial score (nSPS) is 15.5. The Hall–Kier alpha value is -1.38. The highest BCUT2D eigenvalue weighted by atomic mass is 35.5. The maximum Gasteiger partial charge on any atom is 0.123 e. The van der Waals surface area contributed by atoms with Gasteiger partial charge in [-0.25, -0.2) is 4.39 Å². The Morgan fingerprint density at radius 1 is 1.14 bits per heavy atom. The van der Waals surface area contributed by atoms with Crippen LogP contribution in [0.15, 0.2) is 48.5 Å². The van der Waals surface area contributed by atoms with Gasteiger partial charge in [-0.2, -0.15) is 0 Å². The number of rotatable bonds is 5. The van der Waals surface area contributed by atoms with Gasteiger partial charge in [-0.1, -0.05) is 62.2 Å². The molecule has 0 aliphatic carbocycles. The van der Waals surface area contributed by atoms with Crippen molar-refractivity contribution in [2.75, 3.05) is 0 Å². The van der Waals surface area contributed by atoms with E-state index in [-0.39, 0.29) is 17.8 Å². The Morgan fingerprint density at radius 2 is 1.81 bits per heavy atom. The van der Waals surface area contributed by atoms with Crippen molar-refractivity contribution in [2.45, 2.75) is 32.2 Å². The minimum atomic E-state index is -0.328. The van der Waals surface area contributed by atoms with Gasteiger partial charge in [-0.3, -0.25) is 0 Å². The van der Waals surface area contributed by atoms with Crippen LogP contribution in [-0.2, 0) is 0 Å². The van der Waals surface area contributed by atoms with E-state index in [1.54, 1.807) is 6.07 Å². The summed E-state index contributed by atoms with van der Waals surface area (Å²) in [5.74, 6) is 0.179. The number of hydrogen-bond donors (Lipinski definition) is 1. The SMILES string of the molecule is CCC(C)C(c1ccccc1)C(N)c1cc(F)ccc1Cl. The van der Waals surface area contributed by atoms with E-state index in [1.807, 2.05) is 18.2 Å². The second kappa shape index (κ2) is 7.06. The van der Waals surface area contributed by atoms with E-state index < -0.39 is 0 Å². The smallest absolute Gasteiger partial charge is 0.123 e. The van der Waals surface area contributed by atoms with Crippen molar-refractivity contribution in [3.8, 4) is 0 Å². The fraction of sp³-hybridized carbons (Fsp3) is 0.333. The maximum atomic E-state index is 13.5. The molecule has 0 aliphatic heterocycles. The number of hydrogen-bond acceptors (Lipinski definition) is 1. The zero-order chi connectivity index (χ0) is 15.4. The lowest BCUT2D eigenvalue weighted by atomic mass is 9.78. The Labute approximate surface area is 130 Å². The van der Waals surface area contributed by atoms with E-state index in [0.717, 1.165) is 6.42 Å². The maximum absolute atomic E-state index is 13.5. The van der Waals surface area contributed by atoms with Crippen molar-refractivity contribution in [3.05, 3.63) is 70.5 Å². The second-order valence-corrected chi connectivity index (χ2v) is 5.92. The summed E-state index contributed by atoms with van der Waals surface area (Å²) < 4.78 is 13.5. The minimum Gasteiger partial charge on any atom is -0.323 e. The van der Waals surface area contributed by atoms with Crippen molar-refractivity contribution >= 4 is 11.6 Å². The monoisotopic (exact) mass is 305 g/mol. The highest BCUT2D eigenvalue weighted by molar-refractivity contribution is 6.31. The quantitative estimate of drug-likeness (QED) is 0.796. The molecule has 1 nitrogen and oxygen atoms in total. The Balaban J connectivity index is 2.43. The van der Waals surface area contributed by atoms with Crippen LogP contribution in [0.25, 0.3) is 0 Å². The number of nitrogens with two attached hydrogens (primary N) is 1. The standard InChI is InChI=1S/C18H21ClFN/c1-3-12(2)17(13-7-5-4-6-8-13)18(21)15-11-14(20)9-10-16(15)19/h4-12,17-18H,3,21H2,1-2H3. The molecule has 2 N–H and O–H groups in total. The summed E-state index contributed by atoms with van der Waals surface area (Å²) >= 11 is 6.22. The third-order valence-electron chi connectivity index (χ3n) is 4.15. The first-order chi connectivity index (χ1) is 10.0. The van der Waals surface area contributed by atoms with Crippen LogP contribution in [0.1, 0.15) is 43.4 Å². The van der Waals surface area contributed by atoms with E-state index >= 15 is 0 Å². The van der Waals surface area contributed by atoms with E-state index in [9.17, 15) is 4.39 Å². The minimum absolute atomic E-state index is 0.107. The first-order valence-corrected chi connectivity index (χ1v) is 7.67. The topological polar surface area (TPSA) is 26.0 Å². The molecule has 0 saturated heterocycles. The summed E-state index contributed by atoms with van der Waals surface area (Å²) in [7, 11) is 0. The predicted molar refractivity (Wildman–Crippen MR) is 87.0 cm³/mol. The lowest BCUT2D eigenvalue weighted by Gasteiger charge is -2.30. The van der Waals surface area contributed by atoms with Crippen LogP contribution in [0, 0.1) is 11.7 Å². The second-order valence-electron chi connectivity index (χ2n) is 5.51. The van der Waals surface area contributed by atoms with Gasteiger partial charge < -0.3 is 5.73 Å². The van der Waals surface area contributed by atoms with Gasteiger partial charge >= 0.3 is 0 Å². The fourth-order valence-electron chi connectivity index (χ4n) is 2.78. The van der Waals surface area contributed by atoms with E-state index in [4.69, 9.17) is 17.3 Å². The summed E-state index contributed by atoms with van der Waals surface area (Å²) in [5, 5.41) is 0.521. The molecule has 21 heavy (non-hydrogen) atoms. The number of halogens is 2. The summed E-state index contributed by atoms with van der Waals surface area (Å²) in [6, 6.07) is 14.2. The lowest BCUT2D eigenvalue weighted by Crippen LogP contribution is -2.25. The molecule has 3 unspecified atom stereocenters. The van der Waals surface area contributed by atoms with Gasteiger partial charge in [0.2, 0.25) is 0 Å². The highest BCUT2D eigenvalue weighted by Crippen LogP contribution is 2.39. The molecule has 0 radical (unpaired) electrons. The van der Waals surface area contributed by atoms with Gasteiger partial charge in [-0.15, -0.1) is 0 Å². The molecule has 2 aromatic carbocycles. The average molecular weight is 306 g/mol. The molecule has 3 heteroatoms. The summed E-state index contributed by atoms with van der Waals surface area (Å²) in [6.07, 6.45) is 1.00. The van der Waals surface area contributed by atoms with E-state index in [2.05, 4.69) is 26.0 Å². The molecule has 0 amide bonds. The summed E-state index contributed by atoms with van der Waals surface area (Å²) in [5.41, 5.74) is 8.30. The van der Waals surface area contributed by atoms with Crippen LogP contribution in [0.3, 0.4) is 0 Å². The fourth-order valence-corrected chi connectivity index (χ4v) is 3.03. The molecule has 0 fully saturated rings. The largest absolute Gasteiger partial charge is 0.323 e. The Morgan fingerprint density at radius 3 is 2.43 bits per heavy atom. The van der Waals surface area contributed by atoms with Crippen LogP contribution in [0.4, 0.5) is 4.39 Å². The van der Waals surface area contributed by atoms with Crippen molar-refractivity contribution < 1.29 is 4.39 Å². The zero-order valence-corrected chi connectivity index (χ0v) is 13.1. The molecule has 2 rings (SSSR count). The Kier molecular flexibility index (Phi) is 5.38. The van der Waals surface area contributed by atoms with Crippen LogP contribution in [-0.4, -0.2) is 0 Å². The van der Waals surface area contributed by atoms with Crippen LogP contribution >= 0.6 is 11.6 Å². The van der Waals surface area contributed by atoms with Gasteiger partial charge in [0.05, 0.1) is 0 Å². The van der Waals surface area contributed by atoms with Crippen LogP contribution in [0.2, 0.25) is 5.02 Å². The molecular weight excluding hydrogens is 285 g/mol. The summed E-state index contributed by atoms with van der Waals surface area (Å²) in [4.78, 5) is 0. The van der Waals surface area contributed by atoms with Gasteiger partial charge in [0, 0.05) is 17.0 Å². The molecule has 0 aliphatic rings. The first kappa shape index (κ1) is 16.0.